The molecule has 24 heteroatoms. The summed E-state index contributed by atoms with van der Waals surface area (Å²) in [5.74, 6) is 4.33. The monoisotopic (exact) mass is 1230 g/mol. The van der Waals surface area contributed by atoms with Crippen LogP contribution >= 0.6 is 0 Å². The molecule has 11 rings (SSSR count). The van der Waals surface area contributed by atoms with Gasteiger partial charge in [0.25, 0.3) is 11.2 Å². The largest absolute Gasteiger partial charge is 0.510 e. The number of halogens is 18. The van der Waals surface area contributed by atoms with Crippen molar-refractivity contribution in [3.63, 3.8) is 0 Å². The predicted octanol–water partition coefficient (Wildman–Crippen LogP) is 17.8. The summed E-state index contributed by atoms with van der Waals surface area (Å²) < 4.78 is 264. The third-order valence-electron chi connectivity index (χ3n) is 24.5. The maximum absolute atomic E-state index is 14.2. The zero-order valence-corrected chi connectivity index (χ0v) is 48.3. The average molecular weight is 1230 g/mol. The number of hydrogen-bond donors (Lipinski definition) is 1. The number of fused-ring (bicyclic) bond motifs is 20. The second-order valence-corrected chi connectivity index (χ2v) is 29.2. The SMILES string of the molecule is CC1C(C)C2CC1C1C3CC(CC(O)(C(F)(F)F)C(F)(F)F)C(C3)C21.CC1C(C)C2CC1C1C3CC(CC(OC4CCCCO4)(C(F)(F)F)C(F)(F)F)C(C3)C21.CC1C2CC(CC(OC(=O)OC(C)(C)C)(C(F)(F)F)C(F)(F)F)C(C2)C1C. The van der Waals surface area contributed by atoms with E-state index in [0.29, 0.717) is 97.2 Å². The second kappa shape index (κ2) is 21.6. The van der Waals surface area contributed by atoms with Crippen LogP contribution in [-0.4, -0.2) is 83.6 Å². The van der Waals surface area contributed by atoms with Crippen LogP contribution in [0.25, 0.3) is 0 Å². The smallest absolute Gasteiger partial charge is 0.429 e. The number of hydrogen-bond acceptors (Lipinski definition) is 6. The van der Waals surface area contributed by atoms with Crippen LogP contribution in [0.2, 0.25) is 0 Å². The first-order valence-electron chi connectivity index (χ1n) is 30.1. The van der Waals surface area contributed by atoms with Crippen molar-refractivity contribution in [2.24, 2.45) is 136 Å². The summed E-state index contributed by atoms with van der Waals surface area (Å²) in [5, 5.41) is 9.59. The average Bonchev–Trinajstić information content (AvgIpc) is 1.66. The van der Waals surface area contributed by atoms with Gasteiger partial charge in [-0.15, -0.1) is 0 Å². The van der Waals surface area contributed by atoms with Crippen molar-refractivity contribution in [2.45, 2.75) is 218 Å². The Morgan fingerprint density at radius 3 is 1.17 bits per heavy atom. The molecule has 0 aromatic carbocycles. The second-order valence-electron chi connectivity index (χ2n) is 29.2. The van der Waals surface area contributed by atoms with Crippen molar-refractivity contribution in [1.29, 1.82) is 0 Å². The van der Waals surface area contributed by atoms with Crippen LogP contribution < -0.4 is 0 Å². The van der Waals surface area contributed by atoms with Crippen LogP contribution in [0, 0.1) is 136 Å². The zero-order valence-electron chi connectivity index (χ0n) is 48.3. The fourth-order valence-electron chi connectivity index (χ4n) is 20.6. The molecule has 11 fully saturated rings. The Morgan fingerprint density at radius 1 is 0.422 bits per heavy atom. The quantitative estimate of drug-likeness (QED) is 0.141. The number of ether oxygens (including phenoxy) is 4. The fourth-order valence-corrected chi connectivity index (χ4v) is 20.6. The third kappa shape index (κ3) is 11.0. The van der Waals surface area contributed by atoms with Crippen LogP contribution in [-0.2, 0) is 18.9 Å². The highest BCUT2D eigenvalue weighted by atomic mass is 19.4. The van der Waals surface area contributed by atoms with E-state index in [2.05, 4.69) is 37.2 Å². The fraction of sp³-hybridized carbons (Fsp3) is 0.983. The maximum atomic E-state index is 14.2. The van der Waals surface area contributed by atoms with Crippen LogP contribution in [0.1, 0.15) is 152 Å². The van der Waals surface area contributed by atoms with Crippen LogP contribution in [0.15, 0.2) is 0 Å². The van der Waals surface area contributed by atoms with Gasteiger partial charge in [0.1, 0.15) is 5.60 Å². The Bertz CT molecular complexity index is 2260. The van der Waals surface area contributed by atoms with Crippen molar-refractivity contribution in [2.75, 3.05) is 6.61 Å². The first-order chi connectivity index (χ1) is 37.8. The highest BCUT2D eigenvalue weighted by molar-refractivity contribution is 5.61. The Labute approximate surface area is 473 Å². The molecule has 480 valence electrons. The molecule has 1 N–H and O–H groups in total. The van der Waals surface area contributed by atoms with Crippen molar-refractivity contribution in [1.82, 2.24) is 0 Å². The molecule has 24 unspecified atom stereocenters. The summed E-state index contributed by atoms with van der Waals surface area (Å²) >= 11 is 0. The van der Waals surface area contributed by atoms with Crippen molar-refractivity contribution in [3.05, 3.63) is 0 Å². The Morgan fingerprint density at radius 2 is 0.795 bits per heavy atom. The Balaban J connectivity index is 0.000000151. The van der Waals surface area contributed by atoms with Crippen LogP contribution in [0.3, 0.4) is 0 Å². The molecule has 24 atom stereocenters. The van der Waals surface area contributed by atoms with Crippen molar-refractivity contribution >= 4 is 6.16 Å². The molecule has 0 aromatic heterocycles. The molecule has 10 aliphatic carbocycles. The molecule has 6 nitrogen and oxygen atoms in total. The molecule has 0 aromatic rings. The number of aliphatic hydroxyl groups is 1. The van der Waals surface area contributed by atoms with Crippen LogP contribution in [0.5, 0.6) is 0 Å². The zero-order chi connectivity index (χ0) is 61.9. The van der Waals surface area contributed by atoms with Crippen molar-refractivity contribution < 1.29 is 108 Å². The first kappa shape index (κ1) is 65.3. The lowest BCUT2D eigenvalue weighted by Gasteiger charge is -2.47. The molecule has 83 heavy (non-hydrogen) atoms. The molecule has 1 heterocycles. The Kier molecular flexibility index (Phi) is 17.0. The molecule has 0 amide bonds. The molecule has 0 spiro atoms. The molecule has 0 radical (unpaired) electrons. The number of carbonyl (C=O) groups is 1. The normalized spacial score (nSPS) is 42.8. The van der Waals surface area contributed by atoms with Crippen LogP contribution in [0.4, 0.5) is 83.8 Å². The molecule has 10 saturated carbocycles. The highest BCUT2D eigenvalue weighted by Gasteiger charge is 2.78. The van der Waals surface area contributed by atoms with Gasteiger partial charge < -0.3 is 24.1 Å². The molecule has 11 aliphatic rings. The molecular formula is C59H82F18O6. The summed E-state index contributed by atoms with van der Waals surface area (Å²) in [4.78, 5) is 11.8. The van der Waals surface area contributed by atoms with E-state index in [4.69, 9.17) is 9.47 Å². The van der Waals surface area contributed by atoms with Gasteiger partial charge in [-0.2, -0.15) is 79.0 Å². The number of alkyl halides is 18. The van der Waals surface area contributed by atoms with Gasteiger partial charge >= 0.3 is 48.8 Å². The van der Waals surface area contributed by atoms with Crippen molar-refractivity contribution in [3.8, 4) is 0 Å². The summed E-state index contributed by atoms with van der Waals surface area (Å²) in [6, 6.07) is 0. The molecule has 1 aliphatic heterocycles. The molecule has 1 saturated heterocycles. The lowest BCUT2D eigenvalue weighted by Crippen LogP contribution is -2.62. The maximum Gasteiger partial charge on any atom is 0.510 e. The molecule has 10 bridgehead atoms. The highest BCUT2D eigenvalue weighted by Crippen LogP contribution is 2.74. The van der Waals surface area contributed by atoms with Gasteiger partial charge in [-0.3, -0.25) is 0 Å². The summed E-state index contributed by atoms with van der Waals surface area (Å²) in [7, 11) is 0. The third-order valence-corrected chi connectivity index (χ3v) is 24.5. The van der Waals surface area contributed by atoms with E-state index in [1.807, 2.05) is 13.8 Å². The van der Waals surface area contributed by atoms with Gasteiger partial charge in [-0.1, -0.05) is 41.5 Å². The topological polar surface area (TPSA) is 74.2 Å². The minimum atomic E-state index is -5.81. The number of carbonyl (C=O) groups excluding carboxylic acids is 1. The minimum absolute atomic E-state index is 0.0365. The van der Waals surface area contributed by atoms with E-state index < -0.39 is 109 Å². The summed E-state index contributed by atoms with van der Waals surface area (Å²) in [6.07, 6.45) is -34.4. The van der Waals surface area contributed by atoms with E-state index in [1.165, 1.54) is 20.8 Å². The van der Waals surface area contributed by atoms with Gasteiger partial charge in [-0.25, -0.2) is 4.79 Å². The minimum Gasteiger partial charge on any atom is -0.429 e. The van der Waals surface area contributed by atoms with Gasteiger partial charge in [0.15, 0.2) is 6.29 Å². The van der Waals surface area contributed by atoms with E-state index >= 15 is 0 Å². The number of rotatable bonds is 9. The van der Waals surface area contributed by atoms with Gasteiger partial charge in [0.2, 0.25) is 0 Å². The van der Waals surface area contributed by atoms with Gasteiger partial charge in [0, 0.05) is 13.0 Å². The molecular weight excluding hydrogens is 1150 g/mol. The lowest BCUT2D eigenvalue weighted by atomic mass is 9.61. The van der Waals surface area contributed by atoms with Gasteiger partial charge in [0.05, 0.1) is 0 Å². The summed E-state index contributed by atoms with van der Waals surface area (Å²) in [6.45, 7) is 16.9. The van der Waals surface area contributed by atoms with E-state index in [1.54, 1.807) is 0 Å². The van der Waals surface area contributed by atoms with E-state index in [9.17, 15) is 88.9 Å². The standard InChI is InChI=1S/C23H32F6O2.C18H26F6O3.C18H24F6O/c1-11-12(2)16-9-15(11)19-13-7-14(17(8-13)20(16)19)10-21(22(24,25)26,23(27,28)29)31-18-5-3-4-6-30-18;1-9-10(2)13-7-11(9)6-12(13)8-16(17(19,20)21,18(22,23)24)27-14(25)26-15(3,4)5;1-7-8(2)12-5-11(7)14-9-3-10(13(4-9)15(12)14)6-16(25,17(19,20)21)18(22,23)24/h11-20H,3-10H2,1-2H3;9-13H,6-8H2,1-5H3;7-15,25H,3-6H2,1-2H3. The van der Waals surface area contributed by atoms with Gasteiger partial charge in [-0.05, 0) is 240 Å². The first-order valence-corrected chi connectivity index (χ1v) is 30.1. The summed E-state index contributed by atoms with van der Waals surface area (Å²) in [5.41, 5.74) is -14.6. The van der Waals surface area contributed by atoms with E-state index in [0.717, 1.165) is 25.7 Å². The lowest BCUT2D eigenvalue weighted by molar-refractivity contribution is -0.416. The Hall–Kier alpha value is -2.11. The predicted molar refractivity (Wildman–Crippen MR) is 264 cm³/mol. The van der Waals surface area contributed by atoms with E-state index in [-0.39, 0.29) is 72.7 Å².